The summed E-state index contributed by atoms with van der Waals surface area (Å²) in [4.78, 5) is 36.1. The van der Waals surface area contributed by atoms with E-state index in [2.05, 4.69) is 15.8 Å². The van der Waals surface area contributed by atoms with Crippen LogP contribution < -0.4 is 20.2 Å². The van der Waals surface area contributed by atoms with Crippen molar-refractivity contribution >= 4 is 40.8 Å². The monoisotopic (exact) mass is 473 g/mol. The predicted octanol–water partition coefficient (Wildman–Crippen LogP) is 3.78. The highest BCUT2D eigenvalue weighted by Crippen LogP contribution is 2.29. The van der Waals surface area contributed by atoms with Crippen molar-refractivity contribution in [3.8, 4) is 11.5 Å². The van der Waals surface area contributed by atoms with Crippen molar-refractivity contribution < 1.29 is 32.7 Å². The van der Waals surface area contributed by atoms with Crippen molar-refractivity contribution in [2.45, 2.75) is 6.92 Å². The number of esters is 1. The molecule has 0 fully saturated rings. The summed E-state index contributed by atoms with van der Waals surface area (Å²) in [6, 6.07) is 11.1. The second-order valence-electron chi connectivity index (χ2n) is 6.45. The highest BCUT2D eigenvalue weighted by atomic mass is 35.5. The minimum Gasteiger partial charge on any atom is -0.493 e. The number of amides is 2. The number of nitrogens with zero attached hydrogens (tertiary/aromatic N) is 1. The third-order valence-corrected chi connectivity index (χ3v) is 4.50. The van der Waals surface area contributed by atoms with Gasteiger partial charge in [0.1, 0.15) is 5.82 Å². The zero-order valence-electron chi connectivity index (χ0n) is 17.3. The Morgan fingerprint density at radius 3 is 2.52 bits per heavy atom. The van der Waals surface area contributed by atoms with E-state index in [-0.39, 0.29) is 28.0 Å². The minimum atomic E-state index is -1.05. The lowest BCUT2D eigenvalue weighted by atomic mass is 10.1. The fourth-order valence-corrected chi connectivity index (χ4v) is 2.71. The minimum absolute atomic E-state index is 0.0303. The average molecular weight is 474 g/mol. The molecule has 0 bridgehead atoms. The zero-order valence-corrected chi connectivity index (χ0v) is 18.1. The topological polar surface area (TPSA) is 119 Å². The highest BCUT2D eigenvalue weighted by Gasteiger charge is 2.17. The van der Waals surface area contributed by atoms with Crippen LogP contribution in [0.4, 0.5) is 10.1 Å². The molecule has 0 aliphatic rings. The number of carbonyl (C=O) groups is 3. The smallest absolute Gasteiger partial charge is 0.379 e. The maximum atomic E-state index is 13.2. The quantitative estimate of drug-likeness (QED) is 0.185. The second kappa shape index (κ2) is 10.4. The standard InChI is InChI=1S/C22H17ClFN3O6/c1-12(26-27-21(29)20(28)25-14-6-7-16(24)15(23)11-14)13-5-8-17(19(10-13)31-2)33-22(30)18-4-3-9-32-18/h3-11H,1-2H3,(H,25,28)(H,27,29)/b26-12+. The van der Waals surface area contributed by atoms with Crippen LogP contribution in [0.2, 0.25) is 5.02 Å². The van der Waals surface area contributed by atoms with E-state index in [9.17, 15) is 18.8 Å². The number of hydrogen-bond donors (Lipinski definition) is 2. The Morgan fingerprint density at radius 2 is 1.85 bits per heavy atom. The van der Waals surface area contributed by atoms with Gasteiger partial charge < -0.3 is 19.2 Å². The first kappa shape index (κ1) is 23.5. The van der Waals surface area contributed by atoms with Gasteiger partial charge in [0.05, 0.1) is 24.1 Å². The molecule has 2 N–H and O–H groups in total. The van der Waals surface area contributed by atoms with Gasteiger partial charge in [-0.15, -0.1) is 0 Å². The van der Waals surface area contributed by atoms with E-state index in [1.807, 2.05) is 0 Å². The summed E-state index contributed by atoms with van der Waals surface area (Å²) in [5.41, 5.74) is 3.13. The van der Waals surface area contributed by atoms with Crippen LogP contribution in [-0.2, 0) is 9.59 Å². The summed E-state index contributed by atoms with van der Waals surface area (Å²) in [7, 11) is 1.39. The van der Waals surface area contributed by atoms with Crippen molar-refractivity contribution in [1.82, 2.24) is 5.43 Å². The predicted molar refractivity (Wildman–Crippen MR) is 117 cm³/mol. The molecule has 0 spiro atoms. The van der Waals surface area contributed by atoms with Gasteiger partial charge in [0, 0.05) is 11.3 Å². The molecular weight excluding hydrogens is 457 g/mol. The largest absolute Gasteiger partial charge is 0.493 e. The molecule has 0 atom stereocenters. The number of ether oxygens (including phenoxy) is 2. The molecule has 2 aromatic carbocycles. The van der Waals surface area contributed by atoms with E-state index in [0.29, 0.717) is 11.3 Å². The number of furan rings is 1. The van der Waals surface area contributed by atoms with E-state index in [0.717, 1.165) is 6.07 Å². The Morgan fingerprint density at radius 1 is 1.06 bits per heavy atom. The lowest BCUT2D eigenvalue weighted by molar-refractivity contribution is -0.136. The molecule has 0 saturated heterocycles. The lowest BCUT2D eigenvalue weighted by Gasteiger charge is -2.10. The van der Waals surface area contributed by atoms with Crippen molar-refractivity contribution in [3.63, 3.8) is 0 Å². The fraction of sp³-hybridized carbons (Fsp3) is 0.0909. The van der Waals surface area contributed by atoms with Gasteiger partial charge in [-0.1, -0.05) is 11.6 Å². The van der Waals surface area contributed by atoms with Crippen LogP contribution in [0.5, 0.6) is 11.5 Å². The lowest BCUT2D eigenvalue weighted by Crippen LogP contribution is -2.33. The van der Waals surface area contributed by atoms with Crippen LogP contribution in [0.15, 0.2) is 64.3 Å². The number of hydrazone groups is 1. The van der Waals surface area contributed by atoms with Gasteiger partial charge in [-0.05, 0) is 55.5 Å². The third kappa shape index (κ3) is 5.95. The summed E-state index contributed by atoms with van der Waals surface area (Å²) < 4.78 is 28.7. The van der Waals surface area contributed by atoms with Gasteiger partial charge in [0.15, 0.2) is 11.5 Å². The molecule has 3 rings (SSSR count). The van der Waals surface area contributed by atoms with Crippen molar-refractivity contribution in [2.75, 3.05) is 12.4 Å². The van der Waals surface area contributed by atoms with Crippen LogP contribution in [0, 0.1) is 5.82 Å². The van der Waals surface area contributed by atoms with Crippen molar-refractivity contribution in [3.05, 3.63) is 77.0 Å². The molecule has 11 heteroatoms. The van der Waals surface area contributed by atoms with E-state index in [1.54, 1.807) is 19.1 Å². The molecule has 9 nitrogen and oxygen atoms in total. The molecule has 3 aromatic rings. The highest BCUT2D eigenvalue weighted by molar-refractivity contribution is 6.40. The Bertz CT molecular complexity index is 1230. The summed E-state index contributed by atoms with van der Waals surface area (Å²) in [6.07, 6.45) is 1.35. The maximum absolute atomic E-state index is 13.2. The average Bonchev–Trinajstić information content (AvgIpc) is 3.35. The van der Waals surface area contributed by atoms with E-state index >= 15 is 0 Å². The first-order chi connectivity index (χ1) is 15.8. The summed E-state index contributed by atoms with van der Waals surface area (Å²) in [5.74, 6) is -3.01. The van der Waals surface area contributed by atoms with E-state index in [1.165, 1.54) is 43.7 Å². The summed E-state index contributed by atoms with van der Waals surface area (Å²) >= 11 is 5.65. The summed E-state index contributed by atoms with van der Waals surface area (Å²) in [6.45, 7) is 1.58. The Labute approximate surface area is 192 Å². The Balaban J connectivity index is 1.65. The van der Waals surface area contributed by atoms with Crippen LogP contribution in [-0.4, -0.2) is 30.6 Å². The van der Waals surface area contributed by atoms with Gasteiger partial charge in [0.2, 0.25) is 5.76 Å². The first-order valence-corrected chi connectivity index (χ1v) is 9.71. The third-order valence-electron chi connectivity index (χ3n) is 4.22. The molecule has 0 aliphatic carbocycles. The van der Waals surface area contributed by atoms with Crippen molar-refractivity contribution in [1.29, 1.82) is 0 Å². The SMILES string of the molecule is COc1cc(/C(C)=N/NC(=O)C(=O)Nc2ccc(F)c(Cl)c2)ccc1OC(=O)c1ccco1. The molecule has 33 heavy (non-hydrogen) atoms. The van der Waals surface area contributed by atoms with Crippen LogP contribution in [0.1, 0.15) is 23.0 Å². The van der Waals surface area contributed by atoms with Gasteiger partial charge in [0.25, 0.3) is 0 Å². The Kier molecular flexibility index (Phi) is 7.42. The van der Waals surface area contributed by atoms with Crippen LogP contribution in [0.3, 0.4) is 0 Å². The molecule has 1 aromatic heterocycles. The van der Waals surface area contributed by atoms with Gasteiger partial charge >= 0.3 is 17.8 Å². The van der Waals surface area contributed by atoms with E-state index in [4.69, 9.17) is 25.5 Å². The van der Waals surface area contributed by atoms with Gasteiger partial charge in [-0.25, -0.2) is 14.6 Å². The fourth-order valence-electron chi connectivity index (χ4n) is 2.53. The molecular formula is C22H17ClFN3O6. The Hall–Kier alpha value is -4.18. The number of hydrogen-bond acceptors (Lipinski definition) is 7. The van der Waals surface area contributed by atoms with Crippen LogP contribution >= 0.6 is 11.6 Å². The summed E-state index contributed by atoms with van der Waals surface area (Å²) in [5, 5.41) is 5.97. The molecule has 0 aliphatic heterocycles. The molecule has 170 valence electrons. The molecule has 0 unspecified atom stereocenters. The number of halogens is 2. The molecule has 2 amide bonds. The van der Waals surface area contributed by atoms with E-state index < -0.39 is 23.6 Å². The zero-order chi connectivity index (χ0) is 24.0. The molecule has 0 radical (unpaired) electrons. The molecule has 0 saturated carbocycles. The van der Waals surface area contributed by atoms with Gasteiger partial charge in [-0.2, -0.15) is 5.10 Å². The van der Waals surface area contributed by atoms with Gasteiger partial charge in [-0.3, -0.25) is 9.59 Å². The van der Waals surface area contributed by atoms with Crippen LogP contribution in [0.25, 0.3) is 0 Å². The van der Waals surface area contributed by atoms with Crippen molar-refractivity contribution in [2.24, 2.45) is 5.10 Å². The molecule has 1 heterocycles. The number of methoxy groups -OCH3 is 1. The number of rotatable bonds is 6. The number of nitrogens with one attached hydrogen (secondary N) is 2. The normalized spacial score (nSPS) is 11.0. The number of carbonyl (C=O) groups excluding carboxylic acids is 3. The number of benzene rings is 2. The number of anilines is 1. The first-order valence-electron chi connectivity index (χ1n) is 9.33. The second-order valence-corrected chi connectivity index (χ2v) is 6.86. The maximum Gasteiger partial charge on any atom is 0.379 e.